The summed E-state index contributed by atoms with van der Waals surface area (Å²) in [4.78, 5) is 0. The van der Waals surface area contributed by atoms with Gasteiger partial charge in [-0.05, 0) is 0 Å². The Hall–Kier alpha value is -0.340. The van der Waals surface area contributed by atoms with Crippen LogP contribution in [0.25, 0.3) is 0 Å². The highest BCUT2D eigenvalue weighted by atomic mass is 16.5. The van der Waals surface area contributed by atoms with E-state index in [2.05, 4.69) is 6.58 Å². The number of hydroxylamine groups is 2. The number of nitrogens with one attached hydrogen (secondary N) is 1. The minimum atomic E-state index is 0.400. The average Bonchev–Trinajstić information content (AvgIpc) is 1.77. The Morgan fingerprint density at radius 2 is 1.88 bits per heavy atom. The predicted molar refractivity (Wildman–Crippen MR) is 32.4 cm³/mol. The molecular weight excluding hydrogens is 102 g/mol. The first-order valence-electron chi connectivity index (χ1n) is 2.97. The van der Waals surface area contributed by atoms with Crippen LogP contribution in [-0.2, 0) is 0 Å². The van der Waals surface area contributed by atoms with Crippen LogP contribution in [0.15, 0.2) is 12.2 Å². The summed E-state index contributed by atoms with van der Waals surface area (Å²) in [6, 6.07) is 0. The third-order valence-corrected chi connectivity index (χ3v) is 1.51. The number of hydrogen-bond acceptors (Lipinski definition) is 1. The molecule has 0 aromatic carbocycles. The van der Waals surface area contributed by atoms with Crippen molar-refractivity contribution in [2.24, 2.45) is 0 Å². The molecule has 0 unspecified atom stereocenters. The maximum Gasteiger partial charge on any atom is 0.0805 e. The van der Waals surface area contributed by atoms with Gasteiger partial charge in [0.1, 0.15) is 0 Å². The molecule has 1 aliphatic heterocycles. The van der Waals surface area contributed by atoms with E-state index in [0.717, 1.165) is 25.9 Å². The number of quaternary nitrogens is 1. The molecule has 2 nitrogen and oxygen atoms in total. The van der Waals surface area contributed by atoms with E-state index in [9.17, 15) is 5.21 Å². The van der Waals surface area contributed by atoms with Gasteiger partial charge in [0.15, 0.2) is 0 Å². The topological polar surface area (TPSA) is 27.5 Å². The van der Waals surface area contributed by atoms with E-state index in [1.807, 2.05) is 0 Å². The summed E-state index contributed by atoms with van der Waals surface area (Å²) in [5.74, 6) is 0. The maximum atomic E-state index is 10.6. The van der Waals surface area contributed by atoms with Crippen LogP contribution in [0, 0.1) is 5.21 Å². The fraction of sp³-hybridized carbons (Fsp3) is 0.667. The smallest absolute Gasteiger partial charge is 0.0805 e. The molecule has 0 saturated carbocycles. The summed E-state index contributed by atoms with van der Waals surface area (Å²) in [5, 5.41) is 11.0. The zero-order chi connectivity index (χ0) is 5.98. The number of hydrogen-bond donors (Lipinski definition) is 1. The quantitative estimate of drug-likeness (QED) is 0.339. The fourth-order valence-corrected chi connectivity index (χ4v) is 0.882. The fourth-order valence-electron chi connectivity index (χ4n) is 0.882. The van der Waals surface area contributed by atoms with Crippen LogP contribution in [0.4, 0.5) is 0 Å². The van der Waals surface area contributed by atoms with Crippen molar-refractivity contribution in [1.29, 1.82) is 0 Å². The Bertz CT molecular complexity index is 90.7. The lowest BCUT2D eigenvalue weighted by molar-refractivity contribution is -0.851. The summed E-state index contributed by atoms with van der Waals surface area (Å²) >= 11 is 0. The summed E-state index contributed by atoms with van der Waals surface area (Å²) in [6.45, 7) is 5.27. The van der Waals surface area contributed by atoms with Crippen molar-refractivity contribution < 1.29 is 5.06 Å². The Morgan fingerprint density at radius 3 is 2.25 bits per heavy atom. The van der Waals surface area contributed by atoms with Gasteiger partial charge in [-0.25, -0.2) is 0 Å². The molecule has 1 rings (SSSR count). The van der Waals surface area contributed by atoms with E-state index < -0.39 is 0 Å². The van der Waals surface area contributed by atoms with Gasteiger partial charge in [-0.2, -0.15) is 0 Å². The minimum absolute atomic E-state index is 0.400. The first-order valence-corrected chi connectivity index (χ1v) is 2.97. The molecule has 0 aliphatic carbocycles. The predicted octanol–water partition coefficient (Wildman–Crippen LogP) is -0.281. The van der Waals surface area contributed by atoms with Crippen LogP contribution in [-0.4, -0.2) is 13.1 Å². The van der Waals surface area contributed by atoms with E-state index in [1.54, 1.807) is 0 Å². The Kier molecular flexibility index (Phi) is 1.65. The average molecular weight is 113 g/mol. The highest BCUT2D eigenvalue weighted by molar-refractivity contribution is 4.94. The van der Waals surface area contributed by atoms with Gasteiger partial charge in [-0.15, -0.1) is 0 Å². The molecule has 0 spiro atoms. The van der Waals surface area contributed by atoms with Crippen LogP contribution >= 0.6 is 0 Å². The van der Waals surface area contributed by atoms with Crippen LogP contribution in [0.2, 0.25) is 0 Å². The SMILES string of the molecule is C=C1CC[NH+]([O-])CC1. The van der Waals surface area contributed by atoms with E-state index in [4.69, 9.17) is 0 Å². The molecule has 0 amide bonds. The molecule has 1 aliphatic rings. The van der Waals surface area contributed by atoms with Gasteiger partial charge in [0.2, 0.25) is 0 Å². The zero-order valence-electron chi connectivity index (χ0n) is 4.94. The van der Waals surface area contributed by atoms with Crippen LogP contribution in [0.1, 0.15) is 12.8 Å². The van der Waals surface area contributed by atoms with Crippen LogP contribution < -0.4 is 5.06 Å². The standard InChI is InChI=1S/C6H11NO/c1-6-2-4-7(8)5-3-6/h7H,1-5H2. The minimum Gasteiger partial charge on any atom is -0.634 e. The van der Waals surface area contributed by atoms with Gasteiger partial charge in [-0.3, -0.25) is 0 Å². The van der Waals surface area contributed by atoms with Crippen LogP contribution in [0.5, 0.6) is 0 Å². The van der Waals surface area contributed by atoms with E-state index in [-0.39, 0.29) is 0 Å². The molecule has 0 aromatic rings. The zero-order valence-corrected chi connectivity index (χ0v) is 4.94. The summed E-state index contributed by atoms with van der Waals surface area (Å²) in [7, 11) is 0. The van der Waals surface area contributed by atoms with Crippen molar-refractivity contribution >= 4 is 0 Å². The molecule has 8 heavy (non-hydrogen) atoms. The van der Waals surface area contributed by atoms with Crippen molar-refractivity contribution in [3.05, 3.63) is 17.4 Å². The van der Waals surface area contributed by atoms with Crippen molar-refractivity contribution in [1.82, 2.24) is 0 Å². The van der Waals surface area contributed by atoms with Gasteiger partial charge in [0, 0.05) is 12.8 Å². The Morgan fingerprint density at radius 1 is 1.38 bits per heavy atom. The van der Waals surface area contributed by atoms with Crippen molar-refractivity contribution in [2.45, 2.75) is 12.8 Å². The van der Waals surface area contributed by atoms with Gasteiger partial charge in [0.05, 0.1) is 13.1 Å². The van der Waals surface area contributed by atoms with Gasteiger partial charge in [0.25, 0.3) is 0 Å². The van der Waals surface area contributed by atoms with Crippen molar-refractivity contribution in [3.8, 4) is 0 Å². The van der Waals surface area contributed by atoms with Crippen molar-refractivity contribution in [3.63, 3.8) is 0 Å². The maximum absolute atomic E-state index is 10.6. The van der Waals surface area contributed by atoms with Gasteiger partial charge >= 0.3 is 0 Å². The lowest BCUT2D eigenvalue weighted by Crippen LogP contribution is -3.08. The van der Waals surface area contributed by atoms with E-state index in [1.165, 1.54) is 5.57 Å². The molecule has 0 bridgehead atoms. The Balaban J connectivity index is 2.29. The molecule has 1 fully saturated rings. The molecule has 1 saturated heterocycles. The van der Waals surface area contributed by atoms with E-state index in [0.29, 0.717) is 5.06 Å². The molecule has 0 radical (unpaired) electrons. The molecule has 46 valence electrons. The van der Waals surface area contributed by atoms with Crippen LogP contribution in [0.3, 0.4) is 0 Å². The normalized spacial score (nSPS) is 23.9. The summed E-state index contributed by atoms with van der Waals surface area (Å²) in [6.07, 6.45) is 1.86. The Labute approximate surface area is 49.4 Å². The monoisotopic (exact) mass is 113 g/mol. The summed E-state index contributed by atoms with van der Waals surface area (Å²) in [5.41, 5.74) is 1.24. The molecular formula is C6H11NO. The lowest BCUT2D eigenvalue weighted by atomic mass is 10.1. The molecule has 0 aromatic heterocycles. The number of piperidine rings is 1. The molecule has 0 atom stereocenters. The van der Waals surface area contributed by atoms with E-state index >= 15 is 0 Å². The molecule has 1 heterocycles. The second-order valence-electron chi connectivity index (χ2n) is 2.29. The molecule has 2 heteroatoms. The largest absolute Gasteiger partial charge is 0.634 e. The third kappa shape index (κ3) is 1.32. The first kappa shape index (κ1) is 5.79. The highest BCUT2D eigenvalue weighted by Gasteiger charge is 2.07. The van der Waals surface area contributed by atoms with Gasteiger partial charge in [-0.1, -0.05) is 12.2 Å². The lowest BCUT2D eigenvalue weighted by Gasteiger charge is -2.27. The number of rotatable bonds is 0. The van der Waals surface area contributed by atoms with Gasteiger partial charge < -0.3 is 10.3 Å². The second-order valence-corrected chi connectivity index (χ2v) is 2.29. The molecule has 1 N–H and O–H groups in total. The third-order valence-electron chi connectivity index (χ3n) is 1.51. The van der Waals surface area contributed by atoms with Crippen molar-refractivity contribution in [2.75, 3.05) is 13.1 Å². The summed E-state index contributed by atoms with van der Waals surface area (Å²) < 4.78 is 0. The second kappa shape index (κ2) is 2.29. The first-order chi connectivity index (χ1) is 3.79. The highest BCUT2D eigenvalue weighted by Crippen LogP contribution is 2.02.